The first-order valence-corrected chi connectivity index (χ1v) is 16.3. The Morgan fingerprint density at radius 3 is 1.68 bits per heavy atom. The quantitative estimate of drug-likeness (QED) is 0.0825. The molecule has 0 aliphatic rings. The summed E-state index contributed by atoms with van der Waals surface area (Å²) in [5, 5.41) is 21.7. The van der Waals surface area contributed by atoms with Crippen LogP contribution in [0.2, 0.25) is 0 Å². The van der Waals surface area contributed by atoms with Crippen molar-refractivity contribution in [2.75, 3.05) is 0 Å². The van der Waals surface area contributed by atoms with Crippen LogP contribution in [0.4, 0.5) is 0 Å². The lowest BCUT2D eigenvalue weighted by atomic mass is 10.0. The van der Waals surface area contributed by atoms with Gasteiger partial charge in [-0.25, -0.2) is 0 Å². The van der Waals surface area contributed by atoms with Crippen molar-refractivity contribution in [1.29, 1.82) is 0 Å². The second-order valence-electron chi connectivity index (χ2n) is 12.3. The minimum absolute atomic E-state index is 0.0424. The van der Waals surface area contributed by atoms with Crippen LogP contribution in [0, 0.1) is 0 Å². The number of H-pyrrole nitrogens is 2. The van der Waals surface area contributed by atoms with Gasteiger partial charge in [0.25, 0.3) is 0 Å². The normalized spacial score (nSPS) is 14.2. The van der Waals surface area contributed by atoms with Gasteiger partial charge in [0.1, 0.15) is 24.2 Å². The fraction of sp³-hybridized carbons (Fsp3) is 0.270. The number of aromatic amines is 2. The monoisotopic (exact) mass is 679 g/mol. The van der Waals surface area contributed by atoms with E-state index >= 15 is 0 Å². The Bertz CT molecular complexity index is 1990. The van der Waals surface area contributed by atoms with Crippen LogP contribution in [0.25, 0.3) is 21.8 Å². The Hall–Kier alpha value is -5.95. The molecule has 0 saturated heterocycles. The minimum atomic E-state index is -1.23. The molecule has 0 spiro atoms. The number of rotatable bonds is 15. The molecule has 4 amide bonds. The molecule has 3 aromatic carbocycles. The Morgan fingerprint density at radius 2 is 1.08 bits per heavy atom. The zero-order valence-electron chi connectivity index (χ0n) is 27.7. The third-order valence-corrected chi connectivity index (χ3v) is 8.58. The van der Waals surface area contributed by atoms with Gasteiger partial charge in [0.2, 0.25) is 23.6 Å². The second-order valence-corrected chi connectivity index (χ2v) is 12.3. The molecule has 0 aliphatic heterocycles. The van der Waals surface area contributed by atoms with Gasteiger partial charge < -0.3 is 42.1 Å². The second kappa shape index (κ2) is 16.0. The summed E-state index contributed by atoms with van der Waals surface area (Å²) in [6, 6.07) is 18.6. The lowest BCUT2D eigenvalue weighted by molar-refractivity contribution is -0.141. The number of carbonyl (C=O) groups is 5. The number of aromatic nitrogens is 2. The summed E-state index contributed by atoms with van der Waals surface area (Å²) < 4.78 is 0. The number of nitrogens with two attached hydrogens (primary N) is 1. The molecule has 5 aromatic rings. The van der Waals surface area contributed by atoms with Crippen LogP contribution in [-0.2, 0) is 43.2 Å². The molecule has 260 valence electrons. The number of fused-ring (bicyclic) bond motifs is 2. The summed E-state index contributed by atoms with van der Waals surface area (Å²) in [5.41, 5.74) is 10.3. The van der Waals surface area contributed by atoms with Gasteiger partial charge in [-0.2, -0.15) is 0 Å². The Kier molecular flexibility index (Phi) is 11.3. The number of amides is 4. The third-order valence-electron chi connectivity index (χ3n) is 8.58. The predicted octanol–water partition coefficient (Wildman–Crippen LogP) is 2.07. The predicted molar refractivity (Wildman–Crippen MR) is 189 cm³/mol. The van der Waals surface area contributed by atoms with Crippen LogP contribution in [0.1, 0.15) is 30.5 Å². The number of hydrogen-bond acceptors (Lipinski definition) is 6. The highest BCUT2D eigenvalue weighted by molar-refractivity contribution is 5.96. The van der Waals surface area contributed by atoms with Crippen molar-refractivity contribution in [3.63, 3.8) is 0 Å². The van der Waals surface area contributed by atoms with Gasteiger partial charge in [0, 0.05) is 47.0 Å². The lowest BCUT2D eigenvalue weighted by Gasteiger charge is -2.25. The number of para-hydroxylation sites is 2. The maximum absolute atomic E-state index is 13.9. The fourth-order valence-electron chi connectivity index (χ4n) is 5.75. The number of carboxylic acids is 1. The Balaban J connectivity index is 1.30. The first-order valence-electron chi connectivity index (χ1n) is 16.3. The fourth-order valence-corrected chi connectivity index (χ4v) is 5.75. The van der Waals surface area contributed by atoms with E-state index < -0.39 is 59.8 Å². The summed E-state index contributed by atoms with van der Waals surface area (Å²) >= 11 is 0. The van der Waals surface area contributed by atoms with Gasteiger partial charge in [0.05, 0.1) is 6.04 Å². The van der Waals surface area contributed by atoms with Gasteiger partial charge >= 0.3 is 5.97 Å². The van der Waals surface area contributed by atoms with E-state index in [2.05, 4.69) is 31.2 Å². The molecule has 13 nitrogen and oxygen atoms in total. The van der Waals surface area contributed by atoms with Gasteiger partial charge in [-0.1, -0.05) is 66.7 Å². The zero-order chi connectivity index (χ0) is 35.8. The molecule has 0 fully saturated rings. The number of hydrogen-bond donors (Lipinski definition) is 8. The number of carbonyl (C=O) groups excluding carboxylic acids is 4. The summed E-state index contributed by atoms with van der Waals surface area (Å²) in [6.07, 6.45) is 3.89. The summed E-state index contributed by atoms with van der Waals surface area (Å²) in [5.74, 6) is -3.77. The van der Waals surface area contributed by atoms with Gasteiger partial charge in [-0.15, -0.1) is 0 Å². The highest BCUT2D eigenvalue weighted by Crippen LogP contribution is 2.20. The smallest absolute Gasteiger partial charge is 0.325 e. The summed E-state index contributed by atoms with van der Waals surface area (Å²) in [6.45, 7) is 2.81. The molecule has 2 heterocycles. The van der Waals surface area contributed by atoms with Gasteiger partial charge in [-0.3, -0.25) is 24.0 Å². The summed E-state index contributed by atoms with van der Waals surface area (Å²) in [4.78, 5) is 71.6. The van der Waals surface area contributed by atoms with Crippen LogP contribution in [0.15, 0.2) is 91.3 Å². The van der Waals surface area contributed by atoms with E-state index in [4.69, 9.17) is 5.73 Å². The molecule has 5 rings (SSSR count). The number of aliphatic carboxylic acids is 1. The molecule has 0 aliphatic carbocycles. The topological polar surface area (TPSA) is 211 Å². The van der Waals surface area contributed by atoms with E-state index in [-0.39, 0.29) is 19.3 Å². The van der Waals surface area contributed by atoms with Crippen molar-refractivity contribution in [2.24, 2.45) is 5.73 Å². The molecule has 0 bridgehead atoms. The maximum Gasteiger partial charge on any atom is 0.325 e. The number of nitrogens with one attached hydrogen (secondary N) is 6. The van der Waals surface area contributed by atoms with Crippen molar-refractivity contribution in [3.8, 4) is 0 Å². The van der Waals surface area contributed by atoms with Crippen LogP contribution in [-0.4, -0.2) is 74.9 Å². The van der Waals surface area contributed by atoms with Crippen LogP contribution in [0.5, 0.6) is 0 Å². The van der Waals surface area contributed by atoms with E-state index in [9.17, 15) is 29.1 Å². The average Bonchev–Trinajstić information content (AvgIpc) is 3.71. The molecule has 0 saturated carbocycles. The van der Waals surface area contributed by atoms with Crippen LogP contribution < -0.4 is 27.0 Å². The molecule has 13 heteroatoms. The highest BCUT2D eigenvalue weighted by Gasteiger charge is 2.31. The molecule has 50 heavy (non-hydrogen) atoms. The van der Waals surface area contributed by atoms with E-state index in [1.54, 1.807) is 36.7 Å². The average molecular weight is 680 g/mol. The summed E-state index contributed by atoms with van der Waals surface area (Å²) in [7, 11) is 0. The first-order chi connectivity index (χ1) is 24.0. The standard InChI is InChI=1S/C37H41N7O6/c1-21(41-34(46)28(38)17-24-19-39-29-14-8-6-12-26(24)29)33(45)43-31(16-23-10-4-3-5-11-23)36(48)44-32(35(47)42-22(2)37(49)50)18-25-20-40-30-15-9-7-13-27(25)30/h3-15,19-22,28,31-32,39-40H,16-18,38H2,1-2H3,(H,41,46)(H,42,47)(H,43,45)(H,44,48)(H,49,50). The molecule has 2 aromatic heterocycles. The van der Waals surface area contributed by atoms with Crippen molar-refractivity contribution in [2.45, 2.75) is 63.3 Å². The maximum atomic E-state index is 13.9. The van der Waals surface area contributed by atoms with Crippen molar-refractivity contribution in [1.82, 2.24) is 31.2 Å². The van der Waals surface area contributed by atoms with E-state index in [0.717, 1.165) is 38.5 Å². The van der Waals surface area contributed by atoms with Crippen LogP contribution >= 0.6 is 0 Å². The third kappa shape index (κ3) is 8.74. The van der Waals surface area contributed by atoms with Crippen molar-refractivity contribution in [3.05, 3.63) is 108 Å². The van der Waals surface area contributed by atoms with E-state index in [1.165, 1.54) is 13.8 Å². The minimum Gasteiger partial charge on any atom is -0.480 e. The Morgan fingerprint density at radius 1 is 0.600 bits per heavy atom. The first kappa shape index (κ1) is 35.4. The highest BCUT2D eigenvalue weighted by atomic mass is 16.4. The van der Waals surface area contributed by atoms with E-state index in [1.807, 2.05) is 54.6 Å². The molecular weight excluding hydrogens is 638 g/mol. The SMILES string of the molecule is CC(NC(=O)C(Cc1c[nH]c2ccccc12)NC(=O)C(Cc1ccccc1)NC(=O)C(C)NC(=O)C(N)Cc1c[nH]c2ccccc12)C(=O)O. The lowest BCUT2D eigenvalue weighted by Crippen LogP contribution is -2.58. The molecule has 5 unspecified atom stereocenters. The van der Waals surface area contributed by atoms with Crippen molar-refractivity contribution < 1.29 is 29.1 Å². The van der Waals surface area contributed by atoms with Gasteiger partial charge in [0.15, 0.2) is 0 Å². The van der Waals surface area contributed by atoms with Crippen molar-refractivity contribution >= 4 is 51.4 Å². The largest absolute Gasteiger partial charge is 0.480 e. The number of benzene rings is 3. The van der Waals surface area contributed by atoms with Crippen LogP contribution in [0.3, 0.4) is 0 Å². The van der Waals surface area contributed by atoms with Gasteiger partial charge in [-0.05, 0) is 49.1 Å². The molecule has 9 N–H and O–H groups in total. The molecule has 5 atom stereocenters. The van der Waals surface area contributed by atoms with E-state index in [0.29, 0.717) is 0 Å². The molecular formula is C37H41N7O6. The zero-order valence-corrected chi connectivity index (χ0v) is 27.7. The number of carboxylic acid groups (broad SMARTS) is 1. The molecule has 0 radical (unpaired) electrons. The Labute approximate surface area is 288 Å².